The number of hydrogen-bond donors (Lipinski definition) is 2. The SMILES string of the molecule is CCCCCCCCCCCCCCCCOc1cc(N=C/C(C(=O)OC)=C(\C)O)c(N=C/C(C(=O)OC)=C(/C)O)cc1OCCCCCCCCCCCCCCCC. The second kappa shape index (κ2) is 37.0. The highest BCUT2D eigenvalue weighted by molar-refractivity contribution is 6.11. The molecule has 2 N–H and O–H groups in total. The Hall–Kier alpha value is -3.82. The highest BCUT2D eigenvalue weighted by Crippen LogP contribution is 2.40. The lowest BCUT2D eigenvalue weighted by atomic mass is 10.0. The Morgan fingerprint density at radius 2 is 0.717 bits per heavy atom. The van der Waals surface area contributed by atoms with Crippen molar-refractivity contribution in [2.75, 3.05) is 27.4 Å². The summed E-state index contributed by atoms with van der Waals surface area (Å²) < 4.78 is 22.3. The Kier molecular flexibility index (Phi) is 33.4. The molecule has 0 atom stereocenters. The van der Waals surface area contributed by atoms with E-state index in [1.165, 1.54) is 182 Å². The topological polar surface area (TPSA) is 136 Å². The van der Waals surface area contributed by atoms with Gasteiger partial charge in [0.25, 0.3) is 0 Å². The van der Waals surface area contributed by atoms with E-state index in [1.807, 2.05) is 0 Å². The van der Waals surface area contributed by atoms with E-state index < -0.39 is 11.9 Å². The summed E-state index contributed by atoms with van der Waals surface area (Å²) in [6.45, 7) is 8.24. The Bertz CT molecular complexity index is 1300. The van der Waals surface area contributed by atoms with Crippen LogP contribution in [0.1, 0.15) is 207 Å². The Labute approximate surface area is 364 Å². The summed E-state index contributed by atoms with van der Waals surface area (Å²) in [6.07, 6.45) is 37.9. The molecule has 0 aliphatic carbocycles. The number of carbonyl (C=O) groups excluding carboxylic acids is 2. The number of methoxy groups -OCH3 is 2. The summed E-state index contributed by atoms with van der Waals surface area (Å²) in [5.74, 6) is -1.06. The molecular weight excluding hydrogens is 757 g/mol. The zero-order chi connectivity index (χ0) is 44.1. The molecular formula is C50H84N2O8. The van der Waals surface area contributed by atoms with Crippen molar-refractivity contribution in [2.24, 2.45) is 9.98 Å². The number of carbonyl (C=O) groups is 2. The number of aliphatic hydroxyl groups is 2. The van der Waals surface area contributed by atoms with Crippen LogP contribution in [0.15, 0.2) is 44.8 Å². The molecule has 0 unspecified atom stereocenters. The smallest absolute Gasteiger partial charge is 0.342 e. The van der Waals surface area contributed by atoms with E-state index in [2.05, 4.69) is 23.8 Å². The number of unbranched alkanes of at least 4 members (excludes halogenated alkanes) is 26. The van der Waals surface area contributed by atoms with E-state index in [0.717, 1.165) is 38.5 Å². The molecule has 10 heteroatoms. The third-order valence-electron chi connectivity index (χ3n) is 10.8. The number of aliphatic imine (C=N–C) groups is 2. The minimum Gasteiger partial charge on any atom is -0.512 e. The average molecular weight is 841 g/mol. The number of allylic oxidation sites excluding steroid dienone is 2. The van der Waals surface area contributed by atoms with Gasteiger partial charge in [-0.1, -0.05) is 181 Å². The fourth-order valence-corrected chi connectivity index (χ4v) is 7.00. The van der Waals surface area contributed by atoms with Crippen molar-refractivity contribution in [2.45, 2.75) is 207 Å². The fourth-order valence-electron chi connectivity index (χ4n) is 7.00. The quantitative estimate of drug-likeness (QED) is 0.0221. The summed E-state index contributed by atoms with van der Waals surface area (Å²) in [5, 5.41) is 20.4. The normalized spacial score (nSPS) is 12.5. The summed E-state index contributed by atoms with van der Waals surface area (Å²) in [5.41, 5.74) is 0.315. The zero-order valence-electron chi connectivity index (χ0n) is 38.8. The van der Waals surface area contributed by atoms with Gasteiger partial charge in [-0.15, -0.1) is 0 Å². The molecule has 0 saturated heterocycles. The van der Waals surface area contributed by atoms with Crippen molar-refractivity contribution in [3.05, 3.63) is 34.8 Å². The largest absolute Gasteiger partial charge is 0.512 e. The molecule has 0 spiro atoms. The third-order valence-corrected chi connectivity index (χ3v) is 10.8. The molecule has 0 aliphatic rings. The summed E-state index contributed by atoms with van der Waals surface area (Å²) in [7, 11) is 2.44. The zero-order valence-corrected chi connectivity index (χ0v) is 38.8. The van der Waals surface area contributed by atoms with Crippen LogP contribution in [0.5, 0.6) is 11.5 Å². The van der Waals surface area contributed by atoms with Gasteiger partial charge in [-0.05, 0) is 26.7 Å². The maximum atomic E-state index is 12.4. The van der Waals surface area contributed by atoms with Crippen molar-refractivity contribution >= 4 is 35.7 Å². The first-order chi connectivity index (χ1) is 29.2. The van der Waals surface area contributed by atoms with Gasteiger partial charge in [0.05, 0.1) is 38.8 Å². The number of esters is 2. The number of nitrogens with zero attached hydrogens (tertiary/aromatic N) is 2. The van der Waals surface area contributed by atoms with Crippen molar-refractivity contribution in [3.63, 3.8) is 0 Å². The van der Waals surface area contributed by atoms with E-state index in [9.17, 15) is 19.8 Å². The molecule has 0 fully saturated rings. The van der Waals surface area contributed by atoms with Crippen LogP contribution < -0.4 is 9.47 Å². The van der Waals surface area contributed by atoms with E-state index in [0.29, 0.717) is 24.7 Å². The van der Waals surface area contributed by atoms with Crippen LogP contribution in [-0.2, 0) is 19.1 Å². The Balaban J connectivity index is 2.99. The lowest BCUT2D eigenvalue weighted by Crippen LogP contribution is -2.08. The molecule has 1 rings (SSSR count). The van der Waals surface area contributed by atoms with Gasteiger partial charge >= 0.3 is 11.9 Å². The first-order valence-corrected chi connectivity index (χ1v) is 23.7. The van der Waals surface area contributed by atoms with Crippen LogP contribution in [0.4, 0.5) is 11.4 Å². The summed E-state index contributed by atoms with van der Waals surface area (Å²) in [6, 6.07) is 3.37. The van der Waals surface area contributed by atoms with E-state index in [4.69, 9.17) is 18.9 Å². The molecule has 0 bridgehead atoms. The summed E-state index contributed by atoms with van der Waals surface area (Å²) >= 11 is 0. The van der Waals surface area contributed by atoms with Crippen molar-refractivity contribution in [3.8, 4) is 11.5 Å². The molecule has 0 aliphatic heterocycles. The number of hydrogen-bond acceptors (Lipinski definition) is 10. The minimum atomic E-state index is -0.752. The van der Waals surface area contributed by atoms with Crippen LogP contribution in [0.2, 0.25) is 0 Å². The molecule has 1 aromatic carbocycles. The highest BCUT2D eigenvalue weighted by atomic mass is 16.5. The number of rotatable bonds is 38. The van der Waals surface area contributed by atoms with Gasteiger partial charge in [0, 0.05) is 24.6 Å². The van der Waals surface area contributed by atoms with Crippen molar-refractivity contribution in [1.29, 1.82) is 0 Å². The molecule has 0 amide bonds. The number of benzene rings is 1. The van der Waals surface area contributed by atoms with E-state index in [-0.39, 0.29) is 34.0 Å². The maximum absolute atomic E-state index is 12.4. The summed E-state index contributed by atoms with van der Waals surface area (Å²) in [4.78, 5) is 33.7. The Morgan fingerprint density at radius 1 is 0.467 bits per heavy atom. The predicted molar refractivity (Wildman–Crippen MR) is 249 cm³/mol. The number of aliphatic hydroxyl groups excluding tert-OH is 2. The highest BCUT2D eigenvalue weighted by Gasteiger charge is 2.17. The first-order valence-electron chi connectivity index (χ1n) is 23.7. The second-order valence-electron chi connectivity index (χ2n) is 16.2. The number of ether oxygens (including phenoxy) is 4. The minimum absolute atomic E-state index is 0.128. The monoisotopic (exact) mass is 841 g/mol. The van der Waals surface area contributed by atoms with Gasteiger partial charge in [-0.3, -0.25) is 9.98 Å². The molecule has 1 aromatic rings. The predicted octanol–water partition coefficient (Wildman–Crippen LogP) is 14.8. The lowest BCUT2D eigenvalue weighted by Gasteiger charge is -2.15. The molecule has 60 heavy (non-hydrogen) atoms. The fraction of sp³-hybridized carbons (Fsp3) is 0.720. The second-order valence-corrected chi connectivity index (χ2v) is 16.2. The van der Waals surface area contributed by atoms with Gasteiger partial charge in [0.15, 0.2) is 11.5 Å². The molecule has 10 nitrogen and oxygen atoms in total. The molecule has 0 radical (unpaired) electrons. The van der Waals surface area contributed by atoms with Crippen LogP contribution in [0.3, 0.4) is 0 Å². The van der Waals surface area contributed by atoms with E-state index in [1.54, 1.807) is 12.1 Å². The maximum Gasteiger partial charge on any atom is 0.342 e. The standard InChI is InChI=1S/C50H84N2O8/c1-7-9-11-13-15-17-19-21-23-25-27-29-31-33-35-59-47-37-45(51-39-43(41(3)53)49(55)57-5)46(52-40-44(42(4)54)50(56)58-6)38-48(47)60-36-34-32-30-28-26-24-22-20-18-16-14-12-10-8-2/h37-40,53-54H,7-36H2,1-6H3/b43-41-,44-42+,51-39?,52-40?. The van der Waals surface area contributed by atoms with Gasteiger partial charge in [-0.25, -0.2) is 9.59 Å². The van der Waals surface area contributed by atoms with Gasteiger partial charge in [0.1, 0.15) is 22.7 Å². The molecule has 342 valence electrons. The van der Waals surface area contributed by atoms with Gasteiger partial charge in [-0.2, -0.15) is 0 Å². The van der Waals surface area contributed by atoms with Crippen molar-refractivity contribution in [1.82, 2.24) is 0 Å². The lowest BCUT2D eigenvalue weighted by molar-refractivity contribution is -0.136. The van der Waals surface area contributed by atoms with Crippen LogP contribution in [0, 0.1) is 0 Å². The van der Waals surface area contributed by atoms with Crippen LogP contribution in [0.25, 0.3) is 0 Å². The van der Waals surface area contributed by atoms with Gasteiger partial charge < -0.3 is 29.2 Å². The van der Waals surface area contributed by atoms with Crippen LogP contribution in [-0.4, -0.2) is 62.0 Å². The van der Waals surface area contributed by atoms with Crippen LogP contribution >= 0.6 is 0 Å². The first kappa shape index (κ1) is 54.2. The molecule has 0 saturated carbocycles. The van der Waals surface area contributed by atoms with Crippen molar-refractivity contribution < 1.29 is 38.7 Å². The van der Waals surface area contributed by atoms with E-state index >= 15 is 0 Å². The van der Waals surface area contributed by atoms with Gasteiger partial charge in [0.2, 0.25) is 0 Å². The Morgan fingerprint density at radius 3 is 0.950 bits per heavy atom. The molecule has 0 aromatic heterocycles. The average Bonchev–Trinajstić information content (AvgIpc) is 3.23. The third kappa shape index (κ3) is 26.4. The molecule has 0 heterocycles.